The maximum absolute atomic E-state index is 11.5. The highest BCUT2D eigenvalue weighted by molar-refractivity contribution is 5.99. The van der Waals surface area contributed by atoms with E-state index >= 15 is 0 Å². The summed E-state index contributed by atoms with van der Waals surface area (Å²) in [4.78, 5) is 23.0. The largest absolute Gasteiger partial charge is 0.479 e. The van der Waals surface area contributed by atoms with Crippen molar-refractivity contribution in [2.24, 2.45) is 5.73 Å². The number of nitrogens with one attached hydrogen (secondary N) is 2. The Labute approximate surface area is 109 Å². The fraction of sp³-hybridized carbons (Fsp3) is 0.333. The third kappa shape index (κ3) is 2.83. The van der Waals surface area contributed by atoms with Crippen molar-refractivity contribution in [2.45, 2.75) is 19.1 Å². The topological polar surface area (TPSA) is 114 Å². The van der Waals surface area contributed by atoms with Gasteiger partial charge in [0, 0.05) is 5.69 Å². The SMILES string of the molecule is CC1Oc2ccc(NC(=O)C(N)CO)cc2NC1=O. The van der Waals surface area contributed by atoms with Crippen LogP contribution in [0.15, 0.2) is 18.2 Å². The Hall–Kier alpha value is -2.12. The summed E-state index contributed by atoms with van der Waals surface area (Å²) in [7, 11) is 0. The molecule has 2 rings (SSSR count). The van der Waals surface area contributed by atoms with E-state index in [-0.39, 0.29) is 5.91 Å². The summed E-state index contributed by atoms with van der Waals surface area (Å²) in [5.41, 5.74) is 6.33. The van der Waals surface area contributed by atoms with E-state index in [0.717, 1.165) is 0 Å². The van der Waals surface area contributed by atoms with Gasteiger partial charge in [-0.05, 0) is 25.1 Å². The van der Waals surface area contributed by atoms with Crippen molar-refractivity contribution in [2.75, 3.05) is 17.2 Å². The summed E-state index contributed by atoms with van der Waals surface area (Å²) in [6, 6.07) is 3.86. The minimum absolute atomic E-state index is 0.247. The van der Waals surface area contributed by atoms with Gasteiger partial charge >= 0.3 is 0 Å². The number of hydrogen-bond donors (Lipinski definition) is 4. The van der Waals surface area contributed by atoms with E-state index in [1.54, 1.807) is 25.1 Å². The number of nitrogens with two attached hydrogens (primary N) is 1. The molecule has 0 saturated heterocycles. The van der Waals surface area contributed by atoms with Gasteiger partial charge in [0.25, 0.3) is 5.91 Å². The molecule has 0 radical (unpaired) electrons. The summed E-state index contributed by atoms with van der Waals surface area (Å²) in [6.07, 6.45) is -0.546. The summed E-state index contributed by atoms with van der Waals surface area (Å²) >= 11 is 0. The number of anilines is 2. The number of hydrogen-bond acceptors (Lipinski definition) is 5. The lowest BCUT2D eigenvalue weighted by atomic mass is 10.2. The number of carbonyl (C=O) groups excluding carboxylic acids is 2. The molecule has 2 unspecified atom stereocenters. The van der Waals surface area contributed by atoms with Crippen molar-refractivity contribution in [3.63, 3.8) is 0 Å². The van der Waals surface area contributed by atoms with Crippen LogP contribution in [-0.4, -0.2) is 35.7 Å². The normalized spacial score (nSPS) is 18.9. The average Bonchev–Trinajstić information content (AvgIpc) is 2.39. The van der Waals surface area contributed by atoms with Crippen LogP contribution in [0.2, 0.25) is 0 Å². The number of amides is 2. The van der Waals surface area contributed by atoms with Gasteiger partial charge in [-0.2, -0.15) is 0 Å². The van der Waals surface area contributed by atoms with Crippen LogP contribution in [0.1, 0.15) is 6.92 Å². The predicted molar refractivity (Wildman–Crippen MR) is 68.9 cm³/mol. The second-order valence-corrected chi connectivity index (χ2v) is 4.24. The van der Waals surface area contributed by atoms with E-state index < -0.39 is 24.7 Å². The first-order valence-corrected chi connectivity index (χ1v) is 5.80. The van der Waals surface area contributed by atoms with Gasteiger partial charge in [0.05, 0.1) is 12.3 Å². The smallest absolute Gasteiger partial charge is 0.265 e. The lowest BCUT2D eigenvalue weighted by Gasteiger charge is -2.23. The van der Waals surface area contributed by atoms with Gasteiger partial charge in [0.15, 0.2) is 6.10 Å². The van der Waals surface area contributed by atoms with Gasteiger partial charge in [-0.1, -0.05) is 0 Å². The van der Waals surface area contributed by atoms with Crippen molar-refractivity contribution in [1.82, 2.24) is 0 Å². The third-order valence-corrected chi connectivity index (χ3v) is 2.71. The third-order valence-electron chi connectivity index (χ3n) is 2.71. The summed E-state index contributed by atoms with van der Waals surface area (Å²) in [5, 5.41) is 14.0. The van der Waals surface area contributed by atoms with Crippen molar-refractivity contribution >= 4 is 23.2 Å². The molecule has 1 aliphatic heterocycles. The first kappa shape index (κ1) is 13.3. The van der Waals surface area contributed by atoms with Gasteiger partial charge in [0.1, 0.15) is 11.8 Å². The van der Waals surface area contributed by atoms with Crippen LogP contribution in [-0.2, 0) is 9.59 Å². The zero-order chi connectivity index (χ0) is 14.0. The van der Waals surface area contributed by atoms with Gasteiger partial charge in [0.2, 0.25) is 5.91 Å². The Morgan fingerprint density at radius 1 is 1.63 bits per heavy atom. The van der Waals surface area contributed by atoms with Crippen molar-refractivity contribution in [1.29, 1.82) is 0 Å². The van der Waals surface area contributed by atoms with E-state index in [9.17, 15) is 9.59 Å². The molecule has 5 N–H and O–H groups in total. The number of ether oxygens (including phenoxy) is 1. The van der Waals surface area contributed by atoms with Gasteiger partial charge < -0.3 is 26.2 Å². The molecule has 1 aliphatic rings. The number of benzene rings is 1. The van der Waals surface area contributed by atoms with E-state index in [0.29, 0.717) is 17.1 Å². The molecule has 0 saturated carbocycles. The molecule has 0 aliphatic carbocycles. The highest BCUT2D eigenvalue weighted by Crippen LogP contribution is 2.32. The lowest BCUT2D eigenvalue weighted by Crippen LogP contribution is -2.38. The van der Waals surface area contributed by atoms with Gasteiger partial charge in [-0.25, -0.2) is 0 Å². The molecular formula is C12H15N3O4. The van der Waals surface area contributed by atoms with E-state index in [2.05, 4.69) is 10.6 Å². The Morgan fingerprint density at radius 2 is 2.37 bits per heavy atom. The summed E-state index contributed by atoms with van der Waals surface area (Å²) in [6.45, 7) is 1.21. The van der Waals surface area contributed by atoms with Crippen LogP contribution in [0.5, 0.6) is 5.75 Å². The Kier molecular flexibility index (Phi) is 3.68. The lowest BCUT2D eigenvalue weighted by molar-refractivity contribution is -0.122. The molecule has 0 bridgehead atoms. The minimum atomic E-state index is -0.984. The molecule has 7 heteroatoms. The Bertz CT molecular complexity index is 518. The predicted octanol–water partition coefficient (Wildman–Crippen LogP) is -0.336. The second kappa shape index (κ2) is 5.25. The van der Waals surface area contributed by atoms with E-state index in [1.807, 2.05) is 0 Å². The second-order valence-electron chi connectivity index (χ2n) is 4.24. The summed E-state index contributed by atoms with van der Waals surface area (Å²) < 4.78 is 5.38. The number of aliphatic hydroxyl groups excluding tert-OH is 1. The van der Waals surface area contributed by atoms with E-state index in [4.69, 9.17) is 15.6 Å². The molecule has 7 nitrogen and oxygen atoms in total. The molecule has 0 fully saturated rings. The molecular weight excluding hydrogens is 250 g/mol. The molecule has 19 heavy (non-hydrogen) atoms. The van der Waals surface area contributed by atoms with Crippen LogP contribution in [0.25, 0.3) is 0 Å². The minimum Gasteiger partial charge on any atom is -0.479 e. The van der Waals surface area contributed by atoms with Crippen LogP contribution in [0, 0.1) is 0 Å². The van der Waals surface area contributed by atoms with Crippen molar-refractivity contribution in [3.8, 4) is 5.75 Å². The molecule has 1 aromatic carbocycles. The molecule has 0 aromatic heterocycles. The first-order valence-electron chi connectivity index (χ1n) is 5.80. The van der Waals surface area contributed by atoms with Crippen molar-refractivity contribution in [3.05, 3.63) is 18.2 Å². The van der Waals surface area contributed by atoms with Crippen LogP contribution in [0.4, 0.5) is 11.4 Å². The van der Waals surface area contributed by atoms with Crippen LogP contribution >= 0.6 is 0 Å². The number of carbonyl (C=O) groups is 2. The number of fused-ring (bicyclic) bond motifs is 1. The number of aliphatic hydroxyl groups is 1. The first-order chi connectivity index (χ1) is 9.01. The fourth-order valence-corrected chi connectivity index (χ4v) is 1.60. The quantitative estimate of drug-likeness (QED) is 0.597. The Morgan fingerprint density at radius 3 is 3.05 bits per heavy atom. The average molecular weight is 265 g/mol. The van der Waals surface area contributed by atoms with Crippen LogP contribution < -0.4 is 21.1 Å². The molecule has 2 atom stereocenters. The van der Waals surface area contributed by atoms with Crippen molar-refractivity contribution < 1.29 is 19.4 Å². The van der Waals surface area contributed by atoms with Gasteiger partial charge in [-0.3, -0.25) is 9.59 Å². The number of rotatable bonds is 3. The zero-order valence-corrected chi connectivity index (χ0v) is 10.3. The molecule has 102 valence electrons. The van der Waals surface area contributed by atoms with Gasteiger partial charge in [-0.15, -0.1) is 0 Å². The fourth-order valence-electron chi connectivity index (χ4n) is 1.60. The summed E-state index contributed by atoms with van der Waals surface area (Å²) in [5.74, 6) is -0.210. The van der Waals surface area contributed by atoms with E-state index in [1.165, 1.54) is 0 Å². The molecule has 0 spiro atoms. The highest BCUT2D eigenvalue weighted by atomic mass is 16.5. The van der Waals surface area contributed by atoms with Crippen LogP contribution in [0.3, 0.4) is 0 Å². The highest BCUT2D eigenvalue weighted by Gasteiger charge is 2.23. The molecule has 1 aromatic rings. The molecule has 1 heterocycles. The standard InChI is InChI=1S/C12H15N3O4/c1-6-11(17)15-9-4-7(2-3-10(9)19-6)14-12(18)8(13)5-16/h2-4,6,8,16H,5,13H2,1H3,(H,14,18)(H,15,17). The Balaban J connectivity index is 2.15. The maximum Gasteiger partial charge on any atom is 0.265 e. The monoisotopic (exact) mass is 265 g/mol. The zero-order valence-electron chi connectivity index (χ0n) is 10.3. The molecule has 2 amide bonds. The maximum atomic E-state index is 11.5.